The molecule has 1 aliphatic carbocycles. The Balaban J connectivity index is 1.83. The molecule has 4 rings (SSSR count). The molecule has 40 heavy (non-hydrogen) atoms. The van der Waals surface area contributed by atoms with Gasteiger partial charge in [-0.3, -0.25) is 14.4 Å². The maximum Gasteiger partial charge on any atom is 0.255 e. The Morgan fingerprint density at radius 2 is 1.90 bits per heavy atom. The zero-order valence-corrected chi connectivity index (χ0v) is 24.2. The monoisotopic (exact) mass is 613 g/mol. The van der Waals surface area contributed by atoms with Crippen LogP contribution in [0.3, 0.4) is 0 Å². The second kappa shape index (κ2) is 13.1. The van der Waals surface area contributed by atoms with Crippen molar-refractivity contribution in [3.05, 3.63) is 69.2 Å². The number of amides is 2. The molecule has 1 aliphatic heterocycles. The first-order valence-corrected chi connectivity index (χ1v) is 15.5. The normalized spacial score (nSPS) is 23.9. The van der Waals surface area contributed by atoms with E-state index < -0.39 is 46.0 Å². The van der Waals surface area contributed by atoms with E-state index in [1.54, 1.807) is 47.4 Å². The summed E-state index contributed by atoms with van der Waals surface area (Å²) >= 11 is 12.9. The number of halogens is 2. The number of carbonyl (C=O) groups excluding carboxylic acids is 2. The van der Waals surface area contributed by atoms with E-state index in [4.69, 9.17) is 39.0 Å². The van der Waals surface area contributed by atoms with Crippen LogP contribution < -0.4 is 21.4 Å². The van der Waals surface area contributed by atoms with Gasteiger partial charge in [-0.2, -0.15) is 0 Å². The molecule has 0 saturated heterocycles. The summed E-state index contributed by atoms with van der Waals surface area (Å²) in [5, 5.41) is 9.50. The van der Waals surface area contributed by atoms with Crippen LogP contribution in [0.15, 0.2) is 42.5 Å². The van der Waals surface area contributed by atoms with Gasteiger partial charge in [0.2, 0.25) is 10.0 Å². The van der Waals surface area contributed by atoms with E-state index in [1.807, 2.05) is 5.48 Å². The minimum atomic E-state index is -3.59. The number of nitrogens with zero attached hydrogens (tertiary/aromatic N) is 1. The Bertz CT molecular complexity index is 1350. The summed E-state index contributed by atoms with van der Waals surface area (Å²) in [5.74, 6) is -1.85. The van der Waals surface area contributed by atoms with Crippen molar-refractivity contribution in [2.24, 2.45) is 5.73 Å². The second-order valence-electron chi connectivity index (χ2n) is 10.1. The minimum Gasteiger partial charge on any atom is -0.326 e. The van der Waals surface area contributed by atoms with Crippen LogP contribution in [0.25, 0.3) is 0 Å². The molecular weight excluding hydrogens is 581 g/mol. The maximum absolute atomic E-state index is 14.2. The van der Waals surface area contributed by atoms with E-state index in [9.17, 15) is 18.0 Å². The van der Waals surface area contributed by atoms with Crippen LogP contribution >= 0.6 is 23.2 Å². The van der Waals surface area contributed by atoms with Crippen LogP contribution in [-0.4, -0.2) is 67.9 Å². The molecule has 5 atom stereocenters. The summed E-state index contributed by atoms with van der Waals surface area (Å²) in [7, 11) is -3.59. The molecule has 0 bridgehead atoms. The summed E-state index contributed by atoms with van der Waals surface area (Å²) in [5.41, 5.74) is 11.5. The SMILES string of the molecule is CS(=O)(=O)N[C@H]1CCCC[C@@H]1N1C(=O)c2ccccc2[C@@H](C(=O)NOCC(N)CNO)[C@@H]1c1ccc(Cl)cc1Cl. The number of nitrogens with one attached hydrogen (secondary N) is 3. The lowest BCUT2D eigenvalue weighted by molar-refractivity contribution is -0.137. The zero-order chi connectivity index (χ0) is 29.0. The molecule has 1 unspecified atom stereocenters. The number of carbonyl (C=O) groups is 2. The van der Waals surface area contributed by atoms with Crippen LogP contribution in [0.1, 0.15) is 59.1 Å². The Labute approximate surface area is 243 Å². The quantitative estimate of drug-likeness (QED) is 0.255. The zero-order valence-electron chi connectivity index (χ0n) is 21.8. The van der Waals surface area contributed by atoms with Crippen molar-refractivity contribution in [3.63, 3.8) is 0 Å². The molecule has 2 amide bonds. The molecule has 1 fully saturated rings. The minimum absolute atomic E-state index is 0.0455. The second-order valence-corrected chi connectivity index (χ2v) is 12.8. The van der Waals surface area contributed by atoms with Gasteiger partial charge >= 0.3 is 0 Å². The summed E-state index contributed by atoms with van der Waals surface area (Å²) in [4.78, 5) is 35.0. The largest absolute Gasteiger partial charge is 0.326 e. The molecule has 2 aromatic carbocycles. The van der Waals surface area contributed by atoms with Gasteiger partial charge in [0, 0.05) is 40.3 Å². The third-order valence-corrected chi connectivity index (χ3v) is 8.51. The Morgan fingerprint density at radius 3 is 2.60 bits per heavy atom. The number of nitrogens with two attached hydrogens (primary N) is 1. The van der Waals surface area contributed by atoms with Crippen molar-refractivity contribution in [2.75, 3.05) is 19.4 Å². The highest BCUT2D eigenvalue weighted by Crippen LogP contribution is 2.47. The fourth-order valence-corrected chi connectivity index (χ4v) is 6.93. The molecule has 0 aromatic heterocycles. The Morgan fingerprint density at radius 1 is 1.18 bits per heavy atom. The first kappa shape index (κ1) is 30.7. The van der Waals surface area contributed by atoms with Crippen molar-refractivity contribution >= 4 is 45.0 Å². The highest BCUT2D eigenvalue weighted by Gasteiger charge is 2.49. The van der Waals surface area contributed by atoms with Crippen molar-refractivity contribution in [3.8, 4) is 0 Å². The van der Waals surface area contributed by atoms with E-state index >= 15 is 0 Å². The lowest BCUT2D eigenvalue weighted by atomic mass is 9.76. The number of rotatable bonds is 10. The molecule has 2 aliphatic rings. The van der Waals surface area contributed by atoms with Crippen LogP contribution in [0.2, 0.25) is 10.0 Å². The average Bonchev–Trinajstić information content (AvgIpc) is 2.88. The summed E-state index contributed by atoms with van der Waals surface area (Å²) in [6.45, 7) is -0.0461. The standard InChI is InChI=1S/C26H33Cl2N5O6S/c1-40(37,38)32-21-8-4-5-9-22(21)33-24(19-11-10-15(27)12-20(19)28)23(17-6-2-3-7-18(17)26(33)35)25(34)31-39-14-16(29)13-30-36/h2-3,6-7,10-12,16,21-24,30,32,36H,4-5,8-9,13-14,29H2,1H3,(H,31,34)/t16?,21-,22-,23+,24-/m0/s1. The molecule has 11 nitrogen and oxygen atoms in total. The number of hydrogen-bond donors (Lipinski definition) is 5. The van der Waals surface area contributed by atoms with Crippen LogP contribution in [0, 0.1) is 0 Å². The number of fused-ring (bicyclic) bond motifs is 1. The van der Waals surface area contributed by atoms with E-state index in [0.29, 0.717) is 34.6 Å². The van der Waals surface area contributed by atoms with E-state index in [0.717, 1.165) is 19.1 Å². The molecule has 14 heteroatoms. The van der Waals surface area contributed by atoms with Crippen LogP contribution in [0.4, 0.5) is 0 Å². The third kappa shape index (κ3) is 6.94. The first-order valence-electron chi connectivity index (χ1n) is 12.9. The molecular formula is C26H33Cl2N5O6S. The summed E-state index contributed by atoms with van der Waals surface area (Å²) < 4.78 is 27.3. The highest BCUT2D eigenvalue weighted by atomic mass is 35.5. The Hall–Kier alpha value is -2.29. The predicted octanol–water partition coefficient (Wildman–Crippen LogP) is 2.49. The summed E-state index contributed by atoms with van der Waals surface area (Å²) in [6, 6.07) is 9.03. The Kier molecular flexibility index (Phi) is 10.1. The van der Waals surface area contributed by atoms with Gasteiger partial charge in [-0.15, -0.1) is 0 Å². The smallest absolute Gasteiger partial charge is 0.255 e. The van der Waals surface area contributed by atoms with Gasteiger partial charge in [-0.05, 0) is 42.2 Å². The molecule has 6 N–H and O–H groups in total. The first-order chi connectivity index (χ1) is 19.0. The van der Waals surface area contributed by atoms with Crippen molar-refractivity contribution in [1.29, 1.82) is 0 Å². The number of sulfonamides is 1. The lowest BCUT2D eigenvalue weighted by Crippen LogP contribution is -2.59. The lowest BCUT2D eigenvalue weighted by Gasteiger charge is -2.49. The molecule has 1 heterocycles. The average molecular weight is 615 g/mol. The topological polar surface area (TPSA) is 163 Å². The van der Waals surface area contributed by atoms with Crippen molar-refractivity contribution in [1.82, 2.24) is 20.6 Å². The van der Waals surface area contributed by atoms with Gasteiger partial charge in [0.1, 0.15) is 0 Å². The van der Waals surface area contributed by atoms with Gasteiger partial charge in [0.25, 0.3) is 11.8 Å². The molecule has 1 saturated carbocycles. The fraction of sp³-hybridized carbons (Fsp3) is 0.462. The molecule has 0 radical (unpaired) electrons. The summed E-state index contributed by atoms with van der Waals surface area (Å²) in [6.07, 6.45) is 3.70. The van der Waals surface area contributed by atoms with Gasteiger partial charge in [-0.1, -0.05) is 60.3 Å². The molecule has 2 aromatic rings. The highest BCUT2D eigenvalue weighted by molar-refractivity contribution is 7.88. The van der Waals surface area contributed by atoms with Crippen molar-refractivity contribution in [2.45, 2.75) is 55.8 Å². The molecule has 218 valence electrons. The van der Waals surface area contributed by atoms with E-state index in [1.165, 1.54) is 0 Å². The predicted molar refractivity (Wildman–Crippen MR) is 150 cm³/mol. The third-order valence-electron chi connectivity index (χ3n) is 7.22. The van der Waals surface area contributed by atoms with Crippen molar-refractivity contribution < 1.29 is 28.1 Å². The number of benzene rings is 2. The maximum atomic E-state index is 14.2. The van der Waals surface area contributed by atoms with E-state index in [-0.39, 0.29) is 24.1 Å². The fourth-order valence-electron chi connectivity index (χ4n) is 5.59. The van der Waals surface area contributed by atoms with Gasteiger partial charge in [0.05, 0.1) is 24.8 Å². The van der Waals surface area contributed by atoms with E-state index in [2.05, 4.69) is 10.2 Å². The number of hydroxylamine groups is 2. The van der Waals surface area contributed by atoms with Gasteiger partial charge < -0.3 is 15.8 Å². The van der Waals surface area contributed by atoms with Crippen LogP contribution in [-0.2, 0) is 19.7 Å². The van der Waals surface area contributed by atoms with Crippen LogP contribution in [0.5, 0.6) is 0 Å². The van der Waals surface area contributed by atoms with Gasteiger partial charge in [-0.25, -0.2) is 24.1 Å². The van der Waals surface area contributed by atoms with Gasteiger partial charge in [0.15, 0.2) is 0 Å². The number of hydrogen-bond acceptors (Lipinski definition) is 8. The molecule has 0 spiro atoms.